The molecule has 0 aliphatic carbocycles. The first-order valence-corrected chi connectivity index (χ1v) is 9.68. The summed E-state index contributed by atoms with van der Waals surface area (Å²) in [5.41, 5.74) is 2.87. The van der Waals surface area contributed by atoms with Crippen LogP contribution in [-0.2, 0) is 7.05 Å². The minimum absolute atomic E-state index is 0.183. The predicted molar refractivity (Wildman–Crippen MR) is 119 cm³/mol. The minimum Gasteiger partial charge on any atom is -0.495 e. The minimum atomic E-state index is -0.183. The molecule has 0 unspecified atom stereocenters. The first-order valence-electron chi connectivity index (χ1n) is 9.68. The third-order valence-electron chi connectivity index (χ3n) is 4.80. The largest absolute Gasteiger partial charge is 0.495 e. The van der Waals surface area contributed by atoms with Crippen molar-refractivity contribution >= 4 is 28.6 Å². The molecule has 0 aliphatic rings. The van der Waals surface area contributed by atoms with Gasteiger partial charge in [0, 0.05) is 39.5 Å². The molecule has 0 bridgehead atoms. The van der Waals surface area contributed by atoms with Gasteiger partial charge in [0.2, 0.25) is 5.95 Å². The molecule has 1 amide bonds. The molecule has 0 fully saturated rings. The number of pyridine rings is 1. The third kappa shape index (κ3) is 4.13. The lowest BCUT2D eigenvalue weighted by Gasteiger charge is -2.11. The third-order valence-corrected chi connectivity index (χ3v) is 4.80. The summed E-state index contributed by atoms with van der Waals surface area (Å²) in [6.45, 7) is 0. The first-order chi connectivity index (χ1) is 15.0. The summed E-state index contributed by atoms with van der Waals surface area (Å²) in [6, 6.07) is 16.7. The number of aryl methyl sites for hydroxylation is 1. The molecule has 8 nitrogen and oxygen atoms in total. The molecule has 0 aliphatic heterocycles. The number of anilines is 2. The van der Waals surface area contributed by atoms with Gasteiger partial charge in [-0.3, -0.25) is 9.78 Å². The number of benzene rings is 2. The summed E-state index contributed by atoms with van der Waals surface area (Å²) >= 11 is 0. The van der Waals surface area contributed by atoms with Gasteiger partial charge in [-0.2, -0.15) is 0 Å². The second kappa shape index (κ2) is 8.35. The molecule has 2 aromatic carbocycles. The number of imidazole rings is 1. The summed E-state index contributed by atoms with van der Waals surface area (Å²) in [4.78, 5) is 22.4. The lowest BCUT2D eigenvalue weighted by atomic mass is 10.3. The second-order valence-corrected chi connectivity index (χ2v) is 7.15. The maximum absolute atomic E-state index is 12.1. The van der Waals surface area contributed by atoms with Crippen LogP contribution in [0, 0.1) is 0 Å². The van der Waals surface area contributed by atoms with Crippen molar-refractivity contribution in [1.82, 2.24) is 19.4 Å². The average molecular weight is 417 g/mol. The zero-order valence-electron chi connectivity index (χ0n) is 17.8. The Morgan fingerprint density at radius 2 is 1.84 bits per heavy atom. The SMILES string of the molecule is COc1ccccc1Nc1nc2cc(Oc3ccnc(C(=O)N(C)C)c3)ccc2n1C. The Bertz CT molecular complexity index is 1250. The Morgan fingerprint density at radius 3 is 2.61 bits per heavy atom. The summed E-state index contributed by atoms with van der Waals surface area (Å²) in [5.74, 6) is 2.38. The van der Waals surface area contributed by atoms with E-state index < -0.39 is 0 Å². The molecular formula is C23H23N5O3. The van der Waals surface area contributed by atoms with Gasteiger partial charge in [0.15, 0.2) is 0 Å². The normalized spacial score (nSPS) is 10.7. The van der Waals surface area contributed by atoms with Gasteiger partial charge in [0.1, 0.15) is 22.9 Å². The average Bonchev–Trinajstić information content (AvgIpc) is 3.08. The monoisotopic (exact) mass is 417 g/mol. The summed E-state index contributed by atoms with van der Waals surface area (Å²) in [6.07, 6.45) is 1.56. The highest BCUT2D eigenvalue weighted by molar-refractivity contribution is 5.92. The zero-order valence-corrected chi connectivity index (χ0v) is 17.8. The van der Waals surface area contributed by atoms with E-state index in [-0.39, 0.29) is 5.91 Å². The summed E-state index contributed by atoms with van der Waals surface area (Å²) in [5, 5.41) is 3.32. The smallest absolute Gasteiger partial charge is 0.272 e. The quantitative estimate of drug-likeness (QED) is 0.506. The lowest BCUT2D eigenvalue weighted by molar-refractivity contribution is 0.0821. The molecule has 31 heavy (non-hydrogen) atoms. The molecular weight excluding hydrogens is 394 g/mol. The van der Waals surface area contributed by atoms with Crippen molar-refractivity contribution in [3.8, 4) is 17.2 Å². The Morgan fingerprint density at radius 1 is 1.06 bits per heavy atom. The Hall–Kier alpha value is -4.07. The molecule has 0 saturated carbocycles. The van der Waals surface area contributed by atoms with Crippen molar-refractivity contribution in [2.75, 3.05) is 26.5 Å². The van der Waals surface area contributed by atoms with Crippen molar-refractivity contribution in [3.63, 3.8) is 0 Å². The number of hydrogen-bond donors (Lipinski definition) is 1. The van der Waals surface area contributed by atoms with E-state index in [9.17, 15) is 4.79 Å². The van der Waals surface area contributed by atoms with E-state index in [0.717, 1.165) is 22.5 Å². The van der Waals surface area contributed by atoms with Crippen LogP contribution in [0.25, 0.3) is 11.0 Å². The van der Waals surface area contributed by atoms with Crippen molar-refractivity contribution < 1.29 is 14.3 Å². The highest BCUT2D eigenvalue weighted by atomic mass is 16.5. The molecule has 2 heterocycles. The van der Waals surface area contributed by atoms with E-state index in [4.69, 9.17) is 14.5 Å². The van der Waals surface area contributed by atoms with Crippen LogP contribution >= 0.6 is 0 Å². The second-order valence-electron chi connectivity index (χ2n) is 7.15. The number of methoxy groups -OCH3 is 1. The Kier molecular flexibility index (Phi) is 5.44. The van der Waals surface area contributed by atoms with Crippen LogP contribution in [-0.4, -0.2) is 46.5 Å². The van der Waals surface area contributed by atoms with Crippen LogP contribution in [0.5, 0.6) is 17.2 Å². The Labute approximate surface area is 180 Å². The van der Waals surface area contributed by atoms with E-state index in [1.807, 2.05) is 54.1 Å². The molecule has 0 spiro atoms. The first kappa shape index (κ1) is 20.2. The number of amides is 1. The Balaban J connectivity index is 1.61. The number of nitrogens with one attached hydrogen (secondary N) is 1. The maximum Gasteiger partial charge on any atom is 0.272 e. The molecule has 1 N–H and O–H groups in total. The number of carbonyl (C=O) groups excluding carboxylic acids is 1. The van der Waals surface area contributed by atoms with Crippen molar-refractivity contribution in [2.45, 2.75) is 0 Å². The number of hydrogen-bond acceptors (Lipinski definition) is 6. The van der Waals surface area contributed by atoms with E-state index >= 15 is 0 Å². The molecule has 0 radical (unpaired) electrons. The van der Waals surface area contributed by atoms with Crippen LogP contribution in [0.15, 0.2) is 60.8 Å². The summed E-state index contributed by atoms with van der Waals surface area (Å²) in [7, 11) is 6.94. The van der Waals surface area contributed by atoms with Crippen LogP contribution in [0.2, 0.25) is 0 Å². The standard InChI is InChI=1S/C23H23N5O3/c1-27(2)22(29)19-14-16(11-12-24-19)31-15-9-10-20-18(13-15)26-23(28(20)3)25-17-7-5-6-8-21(17)30-4/h5-14H,1-4H3,(H,25,26). The number of para-hydroxylation sites is 2. The topological polar surface area (TPSA) is 81.5 Å². The van der Waals surface area contributed by atoms with Gasteiger partial charge in [-0.15, -0.1) is 0 Å². The van der Waals surface area contributed by atoms with Gasteiger partial charge in [0.05, 0.1) is 23.8 Å². The van der Waals surface area contributed by atoms with Gasteiger partial charge in [-0.25, -0.2) is 4.98 Å². The van der Waals surface area contributed by atoms with Crippen LogP contribution in [0.1, 0.15) is 10.5 Å². The summed E-state index contributed by atoms with van der Waals surface area (Å²) < 4.78 is 13.3. The highest BCUT2D eigenvalue weighted by Gasteiger charge is 2.13. The number of rotatable bonds is 6. The number of aromatic nitrogens is 3. The molecule has 158 valence electrons. The fourth-order valence-electron chi connectivity index (χ4n) is 3.18. The van der Waals surface area contributed by atoms with Crippen LogP contribution in [0.4, 0.5) is 11.6 Å². The zero-order chi connectivity index (χ0) is 22.0. The van der Waals surface area contributed by atoms with Gasteiger partial charge in [-0.1, -0.05) is 12.1 Å². The van der Waals surface area contributed by atoms with Crippen molar-refractivity contribution in [1.29, 1.82) is 0 Å². The van der Waals surface area contributed by atoms with Crippen LogP contribution in [0.3, 0.4) is 0 Å². The fourth-order valence-corrected chi connectivity index (χ4v) is 3.18. The lowest BCUT2D eigenvalue weighted by Crippen LogP contribution is -2.22. The molecule has 4 aromatic rings. The fraction of sp³-hybridized carbons (Fsp3) is 0.174. The van der Waals surface area contributed by atoms with E-state index in [2.05, 4.69) is 10.3 Å². The number of ether oxygens (including phenoxy) is 2. The van der Waals surface area contributed by atoms with E-state index in [1.165, 1.54) is 4.90 Å². The number of nitrogens with zero attached hydrogens (tertiary/aromatic N) is 4. The molecule has 8 heteroatoms. The van der Waals surface area contributed by atoms with Gasteiger partial charge < -0.3 is 24.3 Å². The molecule has 0 atom stereocenters. The predicted octanol–water partition coefficient (Wildman–Crippen LogP) is 4.21. The molecule has 0 saturated heterocycles. The molecule has 4 rings (SSSR count). The van der Waals surface area contributed by atoms with Gasteiger partial charge >= 0.3 is 0 Å². The highest BCUT2D eigenvalue weighted by Crippen LogP contribution is 2.30. The number of fused-ring (bicyclic) bond motifs is 1. The van der Waals surface area contributed by atoms with Crippen molar-refractivity contribution in [2.24, 2.45) is 7.05 Å². The van der Waals surface area contributed by atoms with Crippen molar-refractivity contribution in [3.05, 3.63) is 66.5 Å². The molecule has 2 aromatic heterocycles. The van der Waals surface area contributed by atoms with Gasteiger partial charge in [-0.05, 0) is 30.3 Å². The maximum atomic E-state index is 12.1. The van der Waals surface area contributed by atoms with E-state index in [0.29, 0.717) is 23.1 Å². The van der Waals surface area contributed by atoms with E-state index in [1.54, 1.807) is 39.5 Å². The number of carbonyl (C=O) groups is 1. The van der Waals surface area contributed by atoms with Gasteiger partial charge in [0.25, 0.3) is 5.91 Å². The van der Waals surface area contributed by atoms with Crippen LogP contribution < -0.4 is 14.8 Å².